The summed E-state index contributed by atoms with van der Waals surface area (Å²) in [4.78, 5) is 27.8. The van der Waals surface area contributed by atoms with E-state index >= 15 is 0 Å². The molecular weight excluding hydrogens is 299 g/mol. The number of alkyl halides is 1. The third kappa shape index (κ3) is 2.41. The average Bonchev–Trinajstić information content (AvgIpc) is 2.65. The molecule has 0 spiro atoms. The van der Waals surface area contributed by atoms with Gasteiger partial charge in [-0.2, -0.15) is 0 Å². The molecule has 3 rings (SSSR count). The van der Waals surface area contributed by atoms with E-state index in [1.807, 2.05) is 38.1 Å². The number of amides is 2. The zero-order chi connectivity index (χ0) is 17.0. The molecule has 0 radical (unpaired) electrons. The third-order valence-corrected chi connectivity index (χ3v) is 4.70. The van der Waals surface area contributed by atoms with Gasteiger partial charge in [-0.1, -0.05) is 18.2 Å². The Labute approximate surface area is 134 Å². The molecule has 1 aromatic carbocycles. The first-order valence-corrected chi connectivity index (χ1v) is 7.72. The fourth-order valence-corrected chi connectivity index (χ4v) is 3.26. The quantitative estimate of drug-likeness (QED) is 0.911. The van der Waals surface area contributed by atoms with E-state index < -0.39 is 23.1 Å². The highest BCUT2D eigenvalue weighted by atomic mass is 19.1. The van der Waals surface area contributed by atoms with Gasteiger partial charge in [0.1, 0.15) is 6.17 Å². The van der Waals surface area contributed by atoms with E-state index in [-0.39, 0.29) is 25.5 Å². The second-order valence-electron chi connectivity index (χ2n) is 7.11. The number of fused-ring (bicyclic) bond motifs is 1. The molecule has 2 amide bonds. The first kappa shape index (κ1) is 15.9. The molecule has 1 unspecified atom stereocenters. The van der Waals surface area contributed by atoms with Crippen molar-refractivity contribution in [3.63, 3.8) is 0 Å². The molecule has 1 atom stereocenters. The van der Waals surface area contributed by atoms with Gasteiger partial charge in [-0.15, -0.1) is 0 Å². The smallest absolute Gasteiger partial charge is 0.256 e. The first-order chi connectivity index (χ1) is 10.6. The van der Waals surface area contributed by atoms with Gasteiger partial charge >= 0.3 is 0 Å². The molecule has 0 aromatic heterocycles. The lowest BCUT2D eigenvalue weighted by Crippen LogP contribution is -2.61. The third-order valence-electron chi connectivity index (χ3n) is 4.70. The van der Waals surface area contributed by atoms with Crippen LogP contribution in [0.25, 0.3) is 0 Å². The number of aliphatic hydroxyl groups is 1. The van der Waals surface area contributed by atoms with E-state index in [1.165, 1.54) is 16.7 Å². The van der Waals surface area contributed by atoms with Crippen molar-refractivity contribution >= 4 is 17.5 Å². The highest BCUT2D eigenvalue weighted by Gasteiger charge is 2.48. The Bertz CT molecular complexity index is 666. The van der Waals surface area contributed by atoms with Crippen LogP contribution in [0, 0.1) is 0 Å². The van der Waals surface area contributed by atoms with Gasteiger partial charge in [0.05, 0.1) is 25.0 Å². The van der Waals surface area contributed by atoms with Gasteiger partial charge in [0.2, 0.25) is 5.91 Å². The second kappa shape index (κ2) is 5.03. The number of benzene rings is 1. The number of anilines is 1. The predicted molar refractivity (Wildman–Crippen MR) is 83.9 cm³/mol. The van der Waals surface area contributed by atoms with E-state index in [0.29, 0.717) is 5.69 Å². The van der Waals surface area contributed by atoms with Gasteiger partial charge in [0.15, 0.2) is 5.60 Å². The minimum absolute atomic E-state index is 0.00497. The van der Waals surface area contributed by atoms with Crippen LogP contribution in [0.1, 0.15) is 26.3 Å². The number of carbonyl (C=O) groups is 2. The van der Waals surface area contributed by atoms with Crippen molar-refractivity contribution in [2.45, 2.75) is 38.0 Å². The minimum atomic E-state index is -1.75. The lowest BCUT2D eigenvalue weighted by atomic mass is 9.86. The van der Waals surface area contributed by atoms with E-state index in [1.54, 1.807) is 0 Å². The predicted octanol–water partition coefficient (Wildman–Crippen LogP) is 1.24. The Balaban J connectivity index is 1.85. The lowest BCUT2D eigenvalue weighted by molar-refractivity contribution is -0.156. The molecule has 1 saturated heterocycles. The summed E-state index contributed by atoms with van der Waals surface area (Å²) in [7, 11) is 0. The highest BCUT2D eigenvalue weighted by Crippen LogP contribution is 2.41. The number of likely N-dealkylation sites (tertiary alicyclic amines) is 1. The zero-order valence-corrected chi connectivity index (χ0v) is 13.5. The molecule has 124 valence electrons. The Morgan fingerprint density at radius 1 is 1.39 bits per heavy atom. The largest absolute Gasteiger partial charge is 0.378 e. The number of β-amino-alcohol motifs (C(OH)–C–C–N with tert-alkyl or cyclic N) is 1. The molecule has 2 heterocycles. The van der Waals surface area contributed by atoms with Crippen molar-refractivity contribution in [2.75, 3.05) is 24.5 Å². The number of hydrogen-bond acceptors (Lipinski definition) is 3. The number of halogens is 1. The van der Waals surface area contributed by atoms with Gasteiger partial charge in [-0.25, -0.2) is 4.39 Å². The summed E-state index contributed by atoms with van der Waals surface area (Å²) in [5.41, 5.74) is -0.858. The monoisotopic (exact) mass is 320 g/mol. The molecule has 2 aliphatic rings. The van der Waals surface area contributed by atoms with E-state index in [4.69, 9.17) is 0 Å². The maximum absolute atomic E-state index is 12.9. The molecule has 6 heteroatoms. The van der Waals surface area contributed by atoms with Gasteiger partial charge in [0.25, 0.3) is 5.91 Å². The van der Waals surface area contributed by atoms with Crippen LogP contribution in [0.4, 0.5) is 10.1 Å². The van der Waals surface area contributed by atoms with E-state index in [9.17, 15) is 19.1 Å². The second-order valence-corrected chi connectivity index (χ2v) is 7.11. The van der Waals surface area contributed by atoms with Crippen molar-refractivity contribution in [1.29, 1.82) is 0 Å². The molecule has 1 aromatic rings. The van der Waals surface area contributed by atoms with Crippen LogP contribution in [-0.4, -0.2) is 53.2 Å². The van der Waals surface area contributed by atoms with Crippen LogP contribution in [0.2, 0.25) is 0 Å². The van der Waals surface area contributed by atoms with Crippen LogP contribution in [-0.2, 0) is 15.0 Å². The fourth-order valence-electron chi connectivity index (χ4n) is 3.26. The SMILES string of the molecule is CC(O)(CN1C(=O)C(C)(C)c2ccccc21)C(=O)N1CC(F)C1. The summed E-state index contributed by atoms with van der Waals surface area (Å²) in [5.74, 6) is -0.694. The summed E-state index contributed by atoms with van der Waals surface area (Å²) < 4.78 is 12.9. The molecule has 2 aliphatic heterocycles. The summed E-state index contributed by atoms with van der Waals surface area (Å²) in [5, 5.41) is 10.6. The molecule has 1 N–H and O–H groups in total. The molecule has 1 fully saturated rings. The Hall–Kier alpha value is -1.95. The van der Waals surface area contributed by atoms with Crippen LogP contribution < -0.4 is 4.90 Å². The number of hydrogen-bond donors (Lipinski definition) is 1. The van der Waals surface area contributed by atoms with Crippen LogP contribution in [0.3, 0.4) is 0 Å². The highest BCUT2D eigenvalue weighted by molar-refractivity contribution is 6.08. The molecule has 0 saturated carbocycles. The summed E-state index contributed by atoms with van der Waals surface area (Å²) in [6, 6.07) is 7.37. The molecular formula is C17H21FN2O3. The van der Waals surface area contributed by atoms with Crippen molar-refractivity contribution in [2.24, 2.45) is 0 Å². The molecule has 0 aliphatic carbocycles. The number of rotatable bonds is 3. The molecule has 5 nitrogen and oxygen atoms in total. The van der Waals surface area contributed by atoms with Crippen molar-refractivity contribution in [3.05, 3.63) is 29.8 Å². The summed E-state index contributed by atoms with van der Waals surface area (Å²) >= 11 is 0. The van der Waals surface area contributed by atoms with E-state index in [0.717, 1.165) is 5.56 Å². The Morgan fingerprint density at radius 2 is 2.00 bits per heavy atom. The fraction of sp³-hybridized carbons (Fsp3) is 0.529. The number of carbonyl (C=O) groups excluding carboxylic acids is 2. The summed E-state index contributed by atoms with van der Waals surface area (Å²) in [6.07, 6.45) is -1.03. The normalized spacial score (nSPS) is 22.6. The molecule has 23 heavy (non-hydrogen) atoms. The topological polar surface area (TPSA) is 60.9 Å². The van der Waals surface area contributed by atoms with Gasteiger partial charge in [0, 0.05) is 5.69 Å². The van der Waals surface area contributed by atoms with Crippen molar-refractivity contribution in [1.82, 2.24) is 4.90 Å². The van der Waals surface area contributed by atoms with Crippen LogP contribution in [0.5, 0.6) is 0 Å². The van der Waals surface area contributed by atoms with Gasteiger partial charge in [-0.05, 0) is 32.4 Å². The zero-order valence-electron chi connectivity index (χ0n) is 13.5. The van der Waals surface area contributed by atoms with Crippen molar-refractivity contribution in [3.8, 4) is 0 Å². The number of nitrogens with zero attached hydrogens (tertiary/aromatic N) is 2. The van der Waals surface area contributed by atoms with E-state index in [2.05, 4.69) is 0 Å². The standard InChI is InChI=1S/C17H21FN2O3/c1-16(2)12-6-4-5-7-13(12)20(14(16)21)10-17(3,23)15(22)19-8-11(18)9-19/h4-7,11,23H,8-10H2,1-3H3. The lowest BCUT2D eigenvalue weighted by Gasteiger charge is -2.40. The molecule has 0 bridgehead atoms. The van der Waals surface area contributed by atoms with Crippen LogP contribution in [0.15, 0.2) is 24.3 Å². The van der Waals surface area contributed by atoms with Crippen molar-refractivity contribution < 1.29 is 19.1 Å². The summed E-state index contributed by atoms with van der Waals surface area (Å²) in [6.45, 7) is 4.90. The number of para-hydroxylation sites is 1. The Morgan fingerprint density at radius 3 is 2.61 bits per heavy atom. The minimum Gasteiger partial charge on any atom is -0.378 e. The van der Waals surface area contributed by atoms with Gasteiger partial charge in [-0.3, -0.25) is 9.59 Å². The maximum Gasteiger partial charge on any atom is 0.256 e. The van der Waals surface area contributed by atoms with Gasteiger partial charge < -0.3 is 14.9 Å². The maximum atomic E-state index is 12.9. The Kier molecular flexibility index (Phi) is 3.48. The average molecular weight is 320 g/mol. The first-order valence-electron chi connectivity index (χ1n) is 7.72. The van der Waals surface area contributed by atoms with Crippen LogP contribution >= 0.6 is 0 Å².